The molecule has 0 saturated carbocycles. The molecule has 0 bridgehead atoms. The first-order valence-electron chi connectivity index (χ1n) is 7.31. The largest absolute Gasteiger partial charge is 0.491 e. The van der Waals surface area contributed by atoms with Crippen LogP contribution in [0.3, 0.4) is 0 Å². The minimum absolute atomic E-state index is 0.000715. The lowest BCUT2D eigenvalue weighted by atomic mass is 9.98. The molecule has 2 N–H and O–H groups in total. The highest BCUT2D eigenvalue weighted by molar-refractivity contribution is 5.86. The van der Waals surface area contributed by atoms with Crippen molar-refractivity contribution in [1.82, 2.24) is 10.2 Å². The number of nitrogens with one attached hydrogen (secondary N) is 1. The molecule has 1 unspecified atom stereocenters. The van der Waals surface area contributed by atoms with E-state index in [1.165, 1.54) is 0 Å². The van der Waals surface area contributed by atoms with Crippen molar-refractivity contribution in [1.29, 1.82) is 0 Å². The van der Waals surface area contributed by atoms with Gasteiger partial charge < -0.3 is 15.2 Å². The molecule has 0 radical (unpaired) electrons. The number of aliphatic hydroxyl groups is 1. The molecule has 116 valence electrons. The van der Waals surface area contributed by atoms with Crippen LogP contribution in [0.15, 0.2) is 24.3 Å². The summed E-state index contributed by atoms with van der Waals surface area (Å²) in [7, 11) is 0. The smallest absolute Gasteiger partial charge is 0.240 e. The number of hydrogen-bond donors (Lipinski definition) is 2. The highest BCUT2D eigenvalue weighted by Crippen LogP contribution is 2.19. The van der Waals surface area contributed by atoms with Gasteiger partial charge in [-0.25, -0.2) is 0 Å². The van der Waals surface area contributed by atoms with Gasteiger partial charge in [-0.15, -0.1) is 0 Å². The average molecular weight is 292 g/mol. The van der Waals surface area contributed by atoms with Crippen molar-refractivity contribution < 1.29 is 14.6 Å². The zero-order valence-electron chi connectivity index (χ0n) is 12.9. The Morgan fingerprint density at radius 3 is 2.86 bits per heavy atom. The van der Waals surface area contributed by atoms with Gasteiger partial charge in [-0.3, -0.25) is 9.69 Å². The third-order valence-corrected chi connectivity index (χ3v) is 3.97. The molecule has 1 heterocycles. The molecule has 1 saturated heterocycles. The number of piperazine rings is 1. The van der Waals surface area contributed by atoms with E-state index in [4.69, 9.17) is 4.74 Å². The van der Waals surface area contributed by atoms with Crippen molar-refractivity contribution in [3.63, 3.8) is 0 Å². The Balaban J connectivity index is 1.88. The summed E-state index contributed by atoms with van der Waals surface area (Å²) < 4.78 is 5.66. The predicted octanol–water partition coefficient (Wildman–Crippen LogP) is 0.945. The number of benzene rings is 1. The van der Waals surface area contributed by atoms with Crippen LogP contribution in [0.5, 0.6) is 5.75 Å². The van der Waals surface area contributed by atoms with Crippen molar-refractivity contribution in [2.45, 2.75) is 32.4 Å². The van der Waals surface area contributed by atoms with E-state index in [9.17, 15) is 9.90 Å². The van der Waals surface area contributed by atoms with Crippen LogP contribution < -0.4 is 10.1 Å². The quantitative estimate of drug-likeness (QED) is 0.848. The second-order valence-corrected chi connectivity index (χ2v) is 5.99. The molecule has 1 aromatic carbocycles. The summed E-state index contributed by atoms with van der Waals surface area (Å²) in [6.45, 7) is 7.71. The lowest BCUT2D eigenvalue weighted by Gasteiger charge is -2.41. The maximum Gasteiger partial charge on any atom is 0.240 e. The maximum absolute atomic E-state index is 11.9. The third-order valence-electron chi connectivity index (χ3n) is 3.97. The Morgan fingerprint density at radius 1 is 1.43 bits per heavy atom. The zero-order valence-corrected chi connectivity index (χ0v) is 12.9. The Morgan fingerprint density at radius 2 is 2.14 bits per heavy atom. The molecule has 5 heteroatoms. The van der Waals surface area contributed by atoms with E-state index in [-0.39, 0.29) is 12.5 Å². The van der Waals surface area contributed by atoms with Gasteiger partial charge in [0.15, 0.2) is 0 Å². The van der Waals surface area contributed by atoms with Gasteiger partial charge in [-0.1, -0.05) is 18.2 Å². The molecule has 1 aromatic rings. The molecule has 1 aliphatic heterocycles. The fourth-order valence-electron chi connectivity index (χ4n) is 2.47. The maximum atomic E-state index is 11.9. The summed E-state index contributed by atoms with van der Waals surface area (Å²) in [6, 6.07) is 7.72. The minimum atomic E-state index is -0.630. The van der Waals surface area contributed by atoms with E-state index in [0.717, 1.165) is 17.9 Å². The number of amides is 1. The van der Waals surface area contributed by atoms with Crippen LogP contribution in [0.25, 0.3) is 0 Å². The molecule has 21 heavy (non-hydrogen) atoms. The van der Waals surface area contributed by atoms with Gasteiger partial charge >= 0.3 is 0 Å². The summed E-state index contributed by atoms with van der Waals surface area (Å²) in [5, 5.41) is 13.0. The normalized spacial score (nSPS) is 19.9. The molecule has 1 aliphatic rings. The SMILES string of the molecule is Cc1ccccc1OCC(O)CN1CCNC(=O)C1(C)C. The predicted molar refractivity (Wildman–Crippen MR) is 81.3 cm³/mol. The summed E-state index contributed by atoms with van der Waals surface area (Å²) in [6.07, 6.45) is -0.630. The summed E-state index contributed by atoms with van der Waals surface area (Å²) in [5.74, 6) is 0.785. The second-order valence-electron chi connectivity index (χ2n) is 5.99. The summed E-state index contributed by atoms with van der Waals surface area (Å²) in [5.41, 5.74) is 0.449. The van der Waals surface area contributed by atoms with E-state index in [1.807, 2.05) is 49.9 Å². The Bertz CT molecular complexity index is 502. The number of aryl methyl sites for hydroxylation is 1. The number of carbonyl (C=O) groups excluding carboxylic acids is 1. The average Bonchev–Trinajstić information content (AvgIpc) is 2.43. The van der Waals surface area contributed by atoms with Crippen molar-refractivity contribution in [3.05, 3.63) is 29.8 Å². The van der Waals surface area contributed by atoms with Gasteiger partial charge in [-0.2, -0.15) is 0 Å². The number of ether oxygens (including phenoxy) is 1. The second kappa shape index (κ2) is 6.45. The minimum Gasteiger partial charge on any atom is -0.491 e. The number of rotatable bonds is 5. The molecule has 0 spiro atoms. The lowest BCUT2D eigenvalue weighted by molar-refractivity contribution is -0.136. The van der Waals surface area contributed by atoms with Crippen LogP contribution in [0.1, 0.15) is 19.4 Å². The first-order valence-corrected chi connectivity index (χ1v) is 7.31. The Kier molecular flexibility index (Phi) is 4.85. The van der Waals surface area contributed by atoms with E-state index >= 15 is 0 Å². The molecular weight excluding hydrogens is 268 g/mol. The van der Waals surface area contributed by atoms with E-state index in [0.29, 0.717) is 13.1 Å². The topological polar surface area (TPSA) is 61.8 Å². The number of para-hydroxylation sites is 1. The number of carbonyl (C=O) groups is 1. The van der Waals surface area contributed by atoms with E-state index < -0.39 is 11.6 Å². The van der Waals surface area contributed by atoms with Gasteiger partial charge in [0, 0.05) is 19.6 Å². The highest BCUT2D eigenvalue weighted by atomic mass is 16.5. The molecule has 2 rings (SSSR count). The fraction of sp³-hybridized carbons (Fsp3) is 0.562. The van der Waals surface area contributed by atoms with Crippen molar-refractivity contribution in [3.8, 4) is 5.75 Å². The third kappa shape index (κ3) is 3.74. The van der Waals surface area contributed by atoms with Gasteiger partial charge in [0.1, 0.15) is 18.5 Å². The van der Waals surface area contributed by atoms with Gasteiger partial charge in [-0.05, 0) is 32.4 Å². The highest BCUT2D eigenvalue weighted by Gasteiger charge is 2.38. The Labute approximate surface area is 125 Å². The number of aliphatic hydroxyl groups excluding tert-OH is 1. The van der Waals surface area contributed by atoms with Gasteiger partial charge in [0.2, 0.25) is 5.91 Å². The lowest BCUT2D eigenvalue weighted by Crippen LogP contribution is -2.63. The molecule has 0 aromatic heterocycles. The van der Waals surface area contributed by atoms with Crippen molar-refractivity contribution in [2.24, 2.45) is 0 Å². The van der Waals surface area contributed by atoms with Crippen LogP contribution in [0, 0.1) is 6.92 Å². The molecule has 1 amide bonds. The number of β-amino-alcohol motifs (C(OH)–C–C–N with tert-alkyl or cyclic N) is 1. The Hall–Kier alpha value is -1.59. The van der Waals surface area contributed by atoms with Gasteiger partial charge in [0.05, 0.1) is 5.54 Å². The standard InChI is InChI=1S/C16H24N2O3/c1-12-6-4-5-7-14(12)21-11-13(19)10-18-9-8-17-15(20)16(18,2)3/h4-7,13,19H,8-11H2,1-3H3,(H,17,20). The van der Waals surface area contributed by atoms with Crippen LogP contribution in [0.4, 0.5) is 0 Å². The molecular formula is C16H24N2O3. The van der Waals surface area contributed by atoms with E-state index in [1.54, 1.807) is 0 Å². The number of nitrogens with zero attached hydrogens (tertiary/aromatic N) is 1. The van der Waals surface area contributed by atoms with Crippen molar-refractivity contribution >= 4 is 5.91 Å². The fourth-order valence-corrected chi connectivity index (χ4v) is 2.47. The first-order chi connectivity index (χ1) is 9.91. The monoisotopic (exact) mass is 292 g/mol. The van der Waals surface area contributed by atoms with Crippen LogP contribution in [-0.2, 0) is 4.79 Å². The van der Waals surface area contributed by atoms with Crippen LogP contribution >= 0.6 is 0 Å². The van der Waals surface area contributed by atoms with E-state index in [2.05, 4.69) is 5.32 Å². The number of hydrogen-bond acceptors (Lipinski definition) is 4. The van der Waals surface area contributed by atoms with Crippen molar-refractivity contribution in [2.75, 3.05) is 26.2 Å². The van der Waals surface area contributed by atoms with Crippen LogP contribution in [0.2, 0.25) is 0 Å². The molecule has 0 aliphatic carbocycles. The molecule has 1 fully saturated rings. The molecule has 1 atom stereocenters. The van der Waals surface area contributed by atoms with Gasteiger partial charge in [0.25, 0.3) is 0 Å². The molecule has 5 nitrogen and oxygen atoms in total. The zero-order chi connectivity index (χ0) is 15.5. The summed E-state index contributed by atoms with van der Waals surface area (Å²) >= 11 is 0. The first kappa shape index (κ1) is 15.8. The summed E-state index contributed by atoms with van der Waals surface area (Å²) in [4.78, 5) is 13.9. The van der Waals surface area contributed by atoms with Crippen LogP contribution in [-0.4, -0.2) is 53.8 Å².